The Labute approximate surface area is 210 Å². The van der Waals surface area contributed by atoms with E-state index in [1.54, 1.807) is 6.20 Å². The van der Waals surface area contributed by atoms with Gasteiger partial charge in [0.25, 0.3) is 5.91 Å². The molecular formula is C28H22F3N3O3. The van der Waals surface area contributed by atoms with E-state index in [4.69, 9.17) is 9.90 Å². The first-order valence-corrected chi connectivity index (χ1v) is 11.3. The van der Waals surface area contributed by atoms with E-state index in [-0.39, 0.29) is 5.91 Å². The second kappa shape index (κ2) is 10.9. The Bertz CT molecular complexity index is 1440. The lowest BCUT2D eigenvalue weighted by atomic mass is 9.99. The lowest BCUT2D eigenvalue weighted by Crippen LogP contribution is -2.31. The van der Waals surface area contributed by atoms with E-state index in [2.05, 4.69) is 63.8 Å². The number of aromatic amines is 1. The molecule has 5 rings (SSSR count). The molecule has 0 unspecified atom stereocenters. The molecule has 0 fully saturated rings. The van der Waals surface area contributed by atoms with E-state index in [0.717, 1.165) is 40.2 Å². The molecule has 6 nitrogen and oxygen atoms in total. The number of H-pyrrole nitrogens is 1. The summed E-state index contributed by atoms with van der Waals surface area (Å²) < 4.78 is 31.7. The highest BCUT2D eigenvalue weighted by molar-refractivity contribution is 5.97. The van der Waals surface area contributed by atoms with Gasteiger partial charge in [0.15, 0.2) is 0 Å². The minimum atomic E-state index is -5.08. The fourth-order valence-electron chi connectivity index (χ4n) is 3.85. The number of halogens is 3. The van der Waals surface area contributed by atoms with Gasteiger partial charge in [0.2, 0.25) is 0 Å². The Morgan fingerprint density at radius 3 is 2.32 bits per heavy atom. The number of carbonyl (C=O) groups excluding carboxylic acids is 1. The number of nitrogens with zero attached hydrogens (tertiary/aromatic N) is 1. The molecule has 0 saturated heterocycles. The predicted molar refractivity (Wildman–Crippen MR) is 135 cm³/mol. The van der Waals surface area contributed by atoms with Crippen molar-refractivity contribution < 1.29 is 27.9 Å². The number of nitrogens with one attached hydrogen (secondary N) is 2. The number of carboxylic acids is 1. The maximum absolute atomic E-state index is 12.1. The number of aromatic nitrogens is 2. The minimum absolute atomic E-state index is 0.00885. The van der Waals surface area contributed by atoms with Crippen LogP contribution in [-0.2, 0) is 11.2 Å². The van der Waals surface area contributed by atoms with Crippen molar-refractivity contribution in [3.8, 4) is 22.4 Å². The maximum Gasteiger partial charge on any atom is 0.490 e. The molecule has 0 spiro atoms. The molecule has 0 radical (unpaired) electrons. The molecule has 1 aliphatic heterocycles. The first-order valence-electron chi connectivity index (χ1n) is 11.3. The van der Waals surface area contributed by atoms with Gasteiger partial charge in [-0.15, -0.1) is 0 Å². The van der Waals surface area contributed by atoms with Crippen molar-refractivity contribution in [2.75, 3.05) is 6.54 Å². The van der Waals surface area contributed by atoms with Crippen LogP contribution >= 0.6 is 0 Å². The lowest BCUT2D eigenvalue weighted by Gasteiger charge is -2.10. The standard InChI is InChI=1S/C26H21N3O.C2HF3O2/c30-26-23-17-25(29-24(23)13-15-28-26)20-12-14-27-21(16-20)11-10-19-8-4-5-9-22(19)18-6-2-1-3-7-18;3-2(4,5)1(6)7/h1-12,14,16-17,29H,13,15H2,(H,28,30);(H,6,7)/b11-10+;. The van der Waals surface area contributed by atoms with E-state index in [1.807, 2.05) is 36.4 Å². The molecule has 4 aromatic rings. The molecule has 3 heterocycles. The fourth-order valence-corrected chi connectivity index (χ4v) is 3.85. The maximum atomic E-state index is 12.1. The summed E-state index contributed by atoms with van der Waals surface area (Å²) in [7, 11) is 0. The number of carboxylic acid groups (broad SMARTS) is 1. The quantitative estimate of drug-likeness (QED) is 0.325. The van der Waals surface area contributed by atoms with Gasteiger partial charge in [-0.3, -0.25) is 9.78 Å². The molecule has 188 valence electrons. The number of aliphatic carboxylic acids is 1. The van der Waals surface area contributed by atoms with Crippen molar-refractivity contribution >= 4 is 24.0 Å². The summed E-state index contributed by atoms with van der Waals surface area (Å²) in [5.74, 6) is -2.77. The second-order valence-corrected chi connectivity index (χ2v) is 8.14. The van der Waals surface area contributed by atoms with Crippen LogP contribution < -0.4 is 5.32 Å². The van der Waals surface area contributed by atoms with Crippen molar-refractivity contribution in [3.05, 3.63) is 102 Å². The van der Waals surface area contributed by atoms with Gasteiger partial charge in [-0.2, -0.15) is 13.2 Å². The summed E-state index contributed by atoms with van der Waals surface area (Å²) in [6.45, 7) is 0.678. The molecule has 9 heteroatoms. The van der Waals surface area contributed by atoms with Gasteiger partial charge in [0, 0.05) is 36.1 Å². The summed E-state index contributed by atoms with van der Waals surface area (Å²) in [5, 5.41) is 10.0. The number of alkyl halides is 3. The van der Waals surface area contributed by atoms with Gasteiger partial charge in [-0.25, -0.2) is 4.79 Å². The van der Waals surface area contributed by atoms with Crippen molar-refractivity contribution in [2.24, 2.45) is 0 Å². The second-order valence-electron chi connectivity index (χ2n) is 8.14. The molecule has 0 saturated carbocycles. The highest BCUT2D eigenvalue weighted by Gasteiger charge is 2.38. The van der Waals surface area contributed by atoms with Crippen LogP contribution in [0.15, 0.2) is 79.0 Å². The molecular weight excluding hydrogens is 483 g/mol. The number of rotatable bonds is 4. The highest BCUT2D eigenvalue weighted by atomic mass is 19.4. The first kappa shape index (κ1) is 25.4. The van der Waals surface area contributed by atoms with E-state index in [0.29, 0.717) is 6.54 Å². The fraction of sp³-hybridized carbons (Fsp3) is 0.107. The SMILES string of the molecule is O=C(O)C(F)(F)F.O=C1NCCc2[nH]c(-c3ccnc(/C=C/c4ccccc4-c4ccccc4)c3)cc21. The first-order chi connectivity index (χ1) is 17.7. The zero-order chi connectivity index (χ0) is 26.4. The minimum Gasteiger partial charge on any atom is -0.475 e. The molecule has 37 heavy (non-hydrogen) atoms. The summed E-state index contributed by atoms with van der Waals surface area (Å²) in [4.78, 5) is 28.8. The molecule has 2 aromatic carbocycles. The monoisotopic (exact) mass is 505 g/mol. The van der Waals surface area contributed by atoms with Crippen LogP contribution in [0.2, 0.25) is 0 Å². The Kier molecular flexibility index (Phi) is 7.52. The Hall–Kier alpha value is -4.66. The predicted octanol–water partition coefficient (Wildman–Crippen LogP) is 5.83. The Morgan fingerprint density at radius 1 is 0.919 bits per heavy atom. The number of amides is 1. The van der Waals surface area contributed by atoms with Gasteiger partial charge in [-0.1, -0.05) is 60.7 Å². The number of fused-ring (bicyclic) bond motifs is 1. The Morgan fingerprint density at radius 2 is 1.62 bits per heavy atom. The van der Waals surface area contributed by atoms with E-state index >= 15 is 0 Å². The van der Waals surface area contributed by atoms with Crippen LogP contribution in [-0.4, -0.2) is 39.7 Å². The van der Waals surface area contributed by atoms with Crippen molar-refractivity contribution in [1.82, 2.24) is 15.3 Å². The Balaban J connectivity index is 0.000000405. The largest absolute Gasteiger partial charge is 0.490 e. The molecule has 0 aliphatic carbocycles. The van der Waals surface area contributed by atoms with Crippen molar-refractivity contribution in [2.45, 2.75) is 12.6 Å². The van der Waals surface area contributed by atoms with Gasteiger partial charge in [0.05, 0.1) is 11.3 Å². The number of carbonyl (C=O) groups is 2. The average molecular weight is 505 g/mol. The van der Waals surface area contributed by atoms with Crippen LogP contribution in [0.3, 0.4) is 0 Å². The average Bonchev–Trinajstić information content (AvgIpc) is 3.34. The molecule has 0 bridgehead atoms. The summed E-state index contributed by atoms with van der Waals surface area (Å²) in [6.07, 6.45) is 1.68. The van der Waals surface area contributed by atoms with E-state index in [1.165, 1.54) is 11.1 Å². The molecule has 1 amide bonds. The molecule has 3 N–H and O–H groups in total. The number of hydrogen-bond acceptors (Lipinski definition) is 3. The third-order valence-corrected chi connectivity index (χ3v) is 5.62. The normalized spacial score (nSPS) is 12.9. The third-order valence-electron chi connectivity index (χ3n) is 5.62. The zero-order valence-electron chi connectivity index (χ0n) is 19.4. The molecule has 1 aliphatic rings. The van der Waals surface area contributed by atoms with Crippen LogP contribution in [0.5, 0.6) is 0 Å². The van der Waals surface area contributed by atoms with Crippen LogP contribution in [0.1, 0.15) is 27.3 Å². The highest BCUT2D eigenvalue weighted by Crippen LogP contribution is 2.27. The third kappa shape index (κ3) is 6.32. The summed E-state index contributed by atoms with van der Waals surface area (Å²) in [5.41, 5.74) is 8.09. The van der Waals surface area contributed by atoms with Gasteiger partial charge >= 0.3 is 12.1 Å². The van der Waals surface area contributed by atoms with Gasteiger partial charge in [-0.05, 0) is 41.0 Å². The topological polar surface area (TPSA) is 95.1 Å². The van der Waals surface area contributed by atoms with Crippen LogP contribution in [0.4, 0.5) is 13.2 Å². The number of benzene rings is 2. The number of hydrogen-bond donors (Lipinski definition) is 3. The van der Waals surface area contributed by atoms with E-state index in [9.17, 15) is 18.0 Å². The molecule has 0 atom stereocenters. The van der Waals surface area contributed by atoms with Crippen molar-refractivity contribution in [3.63, 3.8) is 0 Å². The van der Waals surface area contributed by atoms with Crippen LogP contribution in [0.25, 0.3) is 34.5 Å². The van der Waals surface area contributed by atoms with Gasteiger partial charge < -0.3 is 15.4 Å². The summed E-state index contributed by atoms with van der Waals surface area (Å²) in [6, 6.07) is 24.6. The van der Waals surface area contributed by atoms with Crippen LogP contribution in [0, 0.1) is 0 Å². The zero-order valence-corrected chi connectivity index (χ0v) is 19.4. The van der Waals surface area contributed by atoms with E-state index < -0.39 is 12.1 Å². The summed E-state index contributed by atoms with van der Waals surface area (Å²) >= 11 is 0. The van der Waals surface area contributed by atoms with Crippen molar-refractivity contribution in [1.29, 1.82) is 0 Å². The smallest absolute Gasteiger partial charge is 0.475 e. The molecule has 2 aromatic heterocycles. The number of pyridine rings is 1. The van der Waals surface area contributed by atoms with Gasteiger partial charge in [0.1, 0.15) is 0 Å². The lowest BCUT2D eigenvalue weighted by molar-refractivity contribution is -0.192.